The minimum atomic E-state index is -0.465. The van der Waals surface area contributed by atoms with E-state index in [1.54, 1.807) is 6.21 Å². The third-order valence-electron chi connectivity index (χ3n) is 5.29. The van der Waals surface area contributed by atoms with Gasteiger partial charge in [0.25, 0.3) is 0 Å². The zero-order chi connectivity index (χ0) is 21.3. The summed E-state index contributed by atoms with van der Waals surface area (Å²) in [4.78, 5) is 0. The van der Waals surface area contributed by atoms with Gasteiger partial charge in [-0.15, -0.1) is 0 Å². The molecule has 0 aromatic heterocycles. The molecule has 1 heterocycles. The molecule has 0 amide bonds. The maximum Gasteiger partial charge on any atom is 0.215 e. The summed E-state index contributed by atoms with van der Waals surface area (Å²) in [7, 11) is 0. The van der Waals surface area contributed by atoms with Crippen molar-refractivity contribution in [1.29, 1.82) is 0 Å². The van der Waals surface area contributed by atoms with E-state index in [0.717, 1.165) is 21.4 Å². The number of rotatable bonds is 10. The second kappa shape index (κ2) is 10.9. The van der Waals surface area contributed by atoms with Gasteiger partial charge in [-0.2, -0.15) is 0 Å². The van der Waals surface area contributed by atoms with Crippen LogP contribution >= 0.6 is 0 Å². The average Bonchev–Trinajstić information content (AvgIpc) is 3.12. The van der Waals surface area contributed by atoms with E-state index in [9.17, 15) is 5.21 Å². The van der Waals surface area contributed by atoms with Gasteiger partial charge in [0.15, 0.2) is 18.4 Å². The Kier molecular flexibility index (Phi) is 7.45. The lowest BCUT2D eigenvalue weighted by Gasteiger charge is -2.23. The van der Waals surface area contributed by atoms with Gasteiger partial charge in [0.1, 0.15) is 6.61 Å². The van der Waals surface area contributed by atoms with Crippen LogP contribution in [0.5, 0.6) is 0 Å². The van der Waals surface area contributed by atoms with Crippen LogP contribution in [0.25, 0.3) is 0 Å². The zero-order valence-electron chi connectivity index (χ0n) is 17.4. The Labute approximate surface area is 183 Å². The molecular formula is C26H27NO4. The minimum Gasteiger partial charge on any atom is -0.624 e. The molecule has 0 bridgehead atoms. The van der Waals surface area contributed by atoms with E-state index < -0.39 is 18.2 Å². The third kappa shape index (κ3) is 6.01. The Bertz CT molecular complexity index is 947. The van der Waals surface area contributed by atoms with Crippen LogP contribution in [-0.2, 0) is 34.0 Å². The smallest absolute Gasteiger partial charge is 0.215 e. The molecule has 0 N–H and O–H groups in total. The molecule has 0 unspecified atom stereocenters. The summed E-state index contributed by atoms with van der Waals surface area (Å²) in [5.74, 6) is 0. The van der Waals surface area contributed by atoms with E-state index in [0.29, 0.717) is 19.8 Å². The SMILES string of the molecule is [O-][N+]1=C[C@H](OCc2ccccc2)[C@@H](OCc2ccccc2)[C@@H]1COCc1ccccc1. The Morgan fingerprint density at radius 2 is 1.13 bits per heavy atom. The lowest BCUT2D eigenvalue weighted by Crippen LogP contribution is -2.41. The first-order valence-corrected chi connectivity index (χ1v) is 10.5. The summed E-state index contributed by atoms with van der Waals surface area (Å²) in [6, 6.07) is 29.3. The topological polar surface area (TPSA) is 53.8 Å². The highest BCUT2D eigenvalue weighted by molar-refractivity contribution is 5.61. The number of hydrogen-bond donors (Lipinski definition) is 0. The van der Waals surface area contributed by atoms with Crippen LogP contribution in [0, 0.1) is 5.21 Å². The first-order valence-electron chi connectivity index (χ1n) is 10.5. The summed E-state index contributed by atoms with van der Waals surface area (Å²) >= 11 is 0. The minimum absolute atomic E-state index is 0.263. The standard InChI is InChI=1S/C26H27NO4/c28-27-16-25(30-18-22-12-6-2-7-13-22)26(31-19-23-14-8-3-9-15-23)24(27)20-29-17-21-10-4-1-5-11-21/h1-16,24-26H,17-20H2/t24-,25-,26-/m0/s1. The molecule has 0 aliphatic carbocycles. The number of hydrogen-bond acceptors (Lipinski definition) is 4. The highest BCUT2D eigenvalue weighted by atomic mass is 16.6. The van der Waals surface area contributed by atoms with Crippen molar-refractivity contribution in [2.75, 3.05) is 6.61 Å². The first-order chi connectivity index (χ1) is 15.3. The molecule has 0 fully saturated rings. The number of benzene rings is 3. The predicted molar refractivity (Wildman–Crippen MR) is 120 cm³/mol. The normalized spacial score (nSPS) is 20.5. The Balaban J connectivity index is 1.40. The molecule has 0 saturated heterocycles. The maximum atomic E-state index is 12.7. The van der Waals surface area contributed by atoms with Crippen LogP contribution in [-0.4, -0.2) is 35.8 Å². The molecule has 5 nitrogen and oxygen atoms in total. The monoisotopic (exact) mass is 417 g/mol. The van der Waals surface area contributed by atoms with Crippen molar-refractivity contribution < 1.29 is 18.9 Å². The van der Waals surface area contributed by atoms with E-state index in [1.807, 2.05) is 91.0 Å². The number of nitrogens with zero attached hydrogens (tertiary/aromatic N) is 1. The summed E-state index contributed by atoms with van der Waals surface area (Å²) in [6.07, 6.45) is 0.707. The van der Waals surface area contributed by atoms with Gasteiger partial charge in [-0.1, -0.05) is 91.0 Å². The van der Waals surface area contributed by atoms with Gasteiger partial charge in [-0.05, 0) is 16.7 Å². The Morgan fingerprint density at radius 3 is 1.68 bits per heavy atom. The Morgan fingerprint density at radius 1 is 0.645 bits per heavy atom. The molecule has 31 heavy (non-hydrogen) atoms. The molecule has 0 spiro atoms. The van der Waals surface area contributed by atoms with E-state index in [-0.39, 0.29) is 6.61 Å². The van der Waals surface area contributed by atoms with Gasteiger partial charge < -0.3 is 19.4 Å². The van der Waals surface area contributed by atoms with Gasteiger partial charge in [0, 0.05) is 0 Å². The van der Waals surface area contributed by atoms with E-state index in [2.05, 4.69) is 0 Å². The van der Waals surface area contributed by atoms with Crippen molar-refractivity contribution in [2.24, 2.45) is 0 Å². The van der Waals surface area contributed by atoms with Gasteiger partial charge >= 0.3 is 0 Å². The fourth-order valence-corrected chi connectivity index (χ4v) is 3.62. The lowest BCUT2D eigenvalue weighted by atomic mass is 10.1. The summed E-state index contributed by atoms with van der Waals surface area (Å²) in [6.45, 7) is 1.54. The van der Waals surface area contributed by atoms with Crippen molar-refractivity contribution in [3.63, 3.8) is 0 Å². The second-order valence-electron chi connectivity index (χ2n) is 7.60. The summed E-state index contributed by atoms with van der Waals surface area (Å²) < 4.78 is 19.1. The molecule has 3 aromatic rings. The molecule has 0 radical (unpaired) electrons. The van der Waals surface area contributed by atoms with Crippen LogP contribution in [0.2, 0.25) is 0 Å². The quantitative estimate of drug-likeness (QED) is 0.364. The van der Waals surface area contributed by atoms with E-state index in [4.69, 9.17) is 14.2 Å². The molecule has 1 aliphatic rings. The van der Waals surface area contributed by atoms with Crippen LogP contribution in [0.15, 0.2) is 91.0 Å². The van der Waals surface area contributed by atoms with Crippen LogP contribution in [0.3, 0.4) is 0 Å². The van der Waals surface area contributed by atoms with Crippen molar-refractivity contribution in [3.05, 3.63) is 113 Å². The molecule has 3 atom stereocenters. The zero-order valence-corrected chi connectivity index (χ0v) is 17.4. The van der Waals surface area contributed by atoms with E-state index >= 15 is 0 Å². The number of hydroxylamine groups is 1. The van der Waals surface area contributed by atoms with E-state index in [1.165, 1.54) is 0 Å². The molecule has 5 heteroatoms. The second-order valence-corrected chi connectivity index (χ2v) is 7.60. The van der Waals surface area contributed by atoms with Crippen molar-refractivity contribution in [3.8, 4) is 0 Å². The highest BCUT2D eigenvalue weighted by Gasteiger charge is 2.43. The largest absolute Gasteiger partial charge is 0.624 e. The van der Waals surface area contributed by atoms with Crippen LogP contribution in [0.4, 0.5) is 0 Å². The number of ether oxygens (including phenoxy) is 3. The molecule has 1 aliphatic heterocycles. The molecule has 4 rings (SSSR count). The maximum absolute atomic E-state index is 12.7. The summed E-state index contributed by atoms with van der Waals surface area (Å²) in [5.41, 5.74) is 3.18. The van der Waals surface area contributed by atoms with Gasteiger partial charge in [-0.25, -0.2) is 4.74 Å². The first kappa shape index (κ1) is 21.2. The fourth-order valence-electron chi connectivity index (χ4n) is 3.62. The van der Waals surface area contributed by atoms with Crippen LogP contribution in [0.1, 0.15) is 16.7 Å². The van der Waals surface area contributed by atoms with Gasteiger partial charge in [0.2, 0.25) is 6.04 Å². The van der Waals surface area contributed by atoms with Crippen molar-refractivity contribution >= 4 is 6.21 Å². The Hall–Kier alpha value is -2.99. The van der Waals surface area contributed by atoms with Gasteiger partial charge in [-0.3, -0.25) is 0 Å². The fraction of sp³-hybridized carbons (Fsp3) is 0.269. The average molecular weight is 418 g/mol. The predicted octanol–water partition coefficient (Wildman–Crippen LogP) is 4.34. The van der Waals surface area contributed by atoms with Gasteiger partial charge in [0.05, 0.1) is 19.8 Å². The lowest BCUT2D eigenvalue weighted by molar-refractivity contribution is -0.504. The molecule has 160 valence electrons. The molecule has 0 saturated carbocycles. The van der Waals surface area contributed by atoms with Crippen molar-refractivity contribution in [2.45, 2.75) is 38.1 Å². The summed E-state index contributed by atoms with van der Waals surface area (Å²) in [5, 5.41) is 12.7. The van der Waals surface area contributed by atoms with Crippen LogP contribution < -0.4 is 0 Å². The molecular weight excluding hydrogens is 390 g/mol. The molecule has 3 aromatic carbocycles. The van der Waals surface area contributed by atoms with Crippen molar-refractivity contribution in [1.82, 2.24) is 0 Å². The highest BCUT2D eigenvalue weighted by Crippen LogP contribution is 2.21. The third-order valence-corrected chi connectivity index (χ3v) is 5.29.